The number of amides is 1. The highest BCUT2D eigenvalue weighted by atomic mass is 16.5. The van der Waals surface area contributed by atoms with Gasteiger partial charge in [-0.15, -0.1) is 0 Å². The SMILES string of the molecule is CC(C)CCOc1ccccc1C(=O)Nc1cccc(OCCc2ccccc2)c1. The zero-order valence-corrected chi connectivity index (χ0v) is 17.6. The molecule has 3 aromatic rings. The normalized spacial score (nSPS) is 10.6. The molecule has 4 heteroatoms. The van der Waals surface area contributed by atoms with Gasteiger partial charge in [0, 0.05) is 18.2 Å². The third-order valence-corrected chi connectivity index (χ3v) is 4.68. The molecule has 1 N–H and O–H groups in total. The van der Waals surface area contributed by atoms with Gasteiger partial charge in [-0.05, 0) is 42.2 Å². The summed E-state index contributed by atoms with van der Waals surface area (Å²) in [6.45, 7) is 5.47. The predicted molar refractivity (Wildman–Crippen MR) is 121 cm³/mol. The van der Waals surface area contributed by atoms with Gasteiger partial charge in [-0.25, -0.2) is 0 Å². The van der Waals surface area contributed by atoms with Crippen LogP contribution in [0, 0.1) is 5.92 Å². The molecule has 0 aliphatic heterocycles. The quantitative estimate of drug-likeness (QED) is 0.453. The first-order valence-electron chi connectivity index (χ1n) is 10.4. The summed E-state index contributed by atoms with van der Waals surface area (Å²) in [7, 11) is 0. The predicted octanol–water partition coefficient (Wildman–Crippen LogP) is 5.99. The Morgan fingerprint density at radius 2 is 1.63 bits per heavy atom. The van der Waals surface area contributed by atoms with Gasteiger partial charge in [-0.3, -0.25) is 4.79 Å². The molecule has 0 saturated carbocycles. The van der Waals surface area contributed by atoms with E-state index in [1.165, 1.54) is 5.56 Å². The summed E-state index contributed by atoms with van der Waals surface area (Å²) < 4.78 is 11.7. The summed E-state index contributed by atoms with van der Waals surface area (Å²) in [5, 5.41) is 2.95. The molecule has 0 aromatic heterocycles. The Kier molecular flexibility index (Phi) is 7.90. The number of carbonyl (C=O) groups excluding carboxylic acids is 1. The van der Waals surface area contributed by atoms with E-state index in [2.05, 4.69) is 31.3 Å². The Morgan fingerprint density at radius 3 is 2.43 bits per heavy atom. The van der Waals surface area contributed by atoms with Crippen molar-refractivity contribution in [2.75, 3.05) is 18.5 Å². The maximum Gasteiger partial charge on any atom is 0.259 e. The number of carbonyl (C=O) groups is 1. The van der Waals surface area contributed by atoms with E-state index in [1.54, 1.807) is 6.07 Å². The van der Waals surface area contributed by atoms with E-state index in [0.29, 0.717) is 36.1 Å². The molecule has 0 atom stereocenters. The molecule has 30 heavy (non-hydrogen) atoms. The topological polar surface area (TPSA) is 47.6 Å². The van der Waals surface area contributed by atoms with Crippen LogP contribution in [-0.2, 0) is 6.42 Å². The van der Waals surface area contributed by atoms with Gasteiger partial charge in [0.2, 0.25) is 0 Å². The van der Waals surface area contributed by atoms with E-state index < -0.39 is 0 Å². The smallest absolute Gasteiger partial charge is 0.259 e. The Balaban J connectivity index is 1.58. The summed E-state index contributed by atoms with van der Waals surface area (Å²) in [5.74, 6) is 1.68. The van der Waals surface area contributed by atoms with E-state index >= 15 is 0 Å². The Hall–Kier alpha value is -3.27. The molecule has 0 aliphatic carbocycles. The standard InChI is InChI=1S/C26H29NO3/c1-20(2)15-17-30-25-14-7-6-13-24(25)26(28)27-22-11-8-12-23(19-22)29-18-16-21-9-4-3-5-10-21/h3-14,19-20H,15-18H2,1-2H3,(H,27,28). The van der Waals surface area contributed by atoms with Crippen LogP contribution in [0.15, 0.2) is 78.9 Å². The van der Waals surface area contributed by atoms with Crippen molar-refractivity contribution >= 4 is 11.6 Å². The first-order valence-corrected chi connectivity index (χ1v) is 10.4. The van der Waals surface area contributed by atoms with E-state index in [-0.39, 0.29) is 5.91 Å². The second-order valence-electron chi connectivity index (χ2n) is 7.59. The number of anilines is 1. The second-order valence-corrected chi connectivity index (χ2v) is 7.59. The van der Waals surface area contributed by atoms with Gasteiger partial charge in [-0.1, -0.05) is 62.4 Å². The number of rotatable bonds is 10. The number of ether oxygens (including phenoxy) is 2. The summed E-state index contributed by atoms with van der Waals surface area (Å²) >= 11 is 0. The molecular weight excluding hydrogens is 374 g/mol. The minimum absolute atomic E-state index is 0.198. The van der Waals surface area contributed by atoms with Crippen molar-refractivity contribution in [3.8, 4) is 11.5 Å². The zero-order chi connectivity index (χ0) is 21.2. The van der Waals surface area contributed by atoms with Crippen LogP contribution in [-0.4, -0.2) is 19.1 Å². The first-order chi connectivity index (χ1) is 14.6. The Labute approximate surface area is 178 Å². The fourth-order valence-electron chi connectivity index (χ4n) is 2.98. The maximum absolute atomic E-state index is 12.8. The molecule has 0 spiro atoms. The van der Waals surface area contributed by atoms with Gasteiger partial charge in [0.25, 0.3) is 5.91 Å². The number of hydrogen-bond acceptors (Lipinski definition) is 3. The largest absolute Gasteiger partial charge is 0.493 e. The van der Waals surface area contributed by atoms with Crippen LogP contribution in [0.5, 0.6) is 11.5 Å². The van der Waals surface area contributed by atoms with Crippen LogP contribution in [0.25, 0.3) is 0 Å². The minimum Gasteiger partial charge on any atom is -0.493 e. The van der Waals surface area contributed by atoms with E-state index in [4.69, 9.17) is 9.47 Å². The Morgan fingerprint density at radius 1 is 0.867 bits per heavy atom. The van der Waals surface area contributed by atoms with Gasteiger partial charge >= 0.3 is 0 Å². The monoisotopic (exact) mass is 403 g/mol. The van der Waals surface area contributed by atoms with Crippen LogP contribution in [0.1, 0.15) is 36.2 Å². The molecule has 0 aliphatic rings. The molecular formula is C26H29NO3. The molecule has 0 fully saturated rings. The molecule has 156 valence electrons. The highest BCUT2D eigenvalue weighted by Crippen LogP contribution is 2.22. The lowest BCUT2D eigenvalue weighted by molar-refractivity contribution is 0.102. The van der Waals surface area contributed by atoms with Crippen molar-refractivity contribution in [2.45, 2.75) is 26.7 Å². The highest BCUT2D eigenvalue weighted by Gasteiger charge is 2.13. The lowest BCUT2D eigenvalue weighted by Crippen LogP contribution is -2.14. The van der Waals surface area contributed by atoms with Crippen molar-refractivity contribution in [3.05, 3.63) is 90.0 Å². The minimum atomic E-state index is -0.198. The third-order valence-electron chi connectivity index (χ3n) is 4.68. The molecule has 0 bridgehead atoms. The molecule has 4 nitrogen and oxygen atoms in total. The van der Waals surface area contributed by atoms with Crippen molar-refractivity contribution in [2.24, 2.45) is 5.92 Å². The van der Waals surface area contributed by atoms with Crippen molar-refractivity contribution in [1.29, 1.82) is 0 Å². The lowest BCUT2D eigenvalue weighted by atomic mass is 10.1. The van der Waals surface area contributed by atoms with Crippen molar-refractivity contribution in [3.63, 3.8) is 0 Å². The Bertz CT molecular complexity index is 938. The number of para-hydroxylation sites is 1. The van der Waals surface area contributed by atoms with Crippen LogP contribution >= 0.6 is 0 Å². The van der Waals surface area contributed by atoms with Gasteiger partial charge in [-0.2, -0.15) is 0 Å². The van der Waals surface area contributed by atoms with Crippen LogP contribution < -0.4 is 14.8 Å². The second kappa shape index (κ2) is 11.1. The number of hydrogen-bond donors (Lipinski definition) is 1. The van der Waals surface area contributed by atoms with Gasteiger partial charge in [0.15, 0.2) is 0 Å². The summed E-state index contributed by atoms with van der Waals surface area (Å²) in [4.78, 5) is 12.8. The summed E-state index contributed by atoms with van der Waals surface area (Å²) in [6.07, 6.45) is 1.77. The van der Waals surface area contributed by atoms with E-state index in [0.717, 1.165) is 18.6 Å². The molecule has 0 saturated heterocycles. The summed E-state index contributed by atoms with van der Waals surface area (Å²) in [5.41, 5.74) is 2.45. The van der Waals surface area contributed by atoms with Crippen LogP contribution in [0.4, 0.5) is 5.69 Å². The van der Waals surface area contributed by atoms with Crippen molar-refractivity contribution in [1.82, 2.24) is 0 Å². The van der Waals surface area contributed by atoms with Crippen LogP contribution in [0.3, 0.4) is 0 Å². The molecule has 0 unspecified atom stereocenters. The number of nitrogens with one attached hydrogen (secondary N) is 1. The fourth-order valence-corrected chi connectivity index (χ4v) is 2.98. The van der Waals surface area contributed by atoms with Crippen LogP contribution in [0.2, 0.25) is 0 Å². The molecule has 3 rings (SSSR count). The zero-order valence-electron chi connectivity index (χ0n) is 17.6. The van der Waals surface area contributed by atoms with E-state index in [9.17, 15) is 4.79 Å². The van der Waals surface area contributed by atoms with Gasteiger partial charge in [0.05, 0.1) is 18.8 Å². The number of benzene rings is 3. The molecule has 1 amide bonds. The average Bonchev–Trinajstić information content (AvgIpc) is 2.75. The van der Waals surface area contributed by atoms with E-state index in [1.807, 2.05) is 60.7 Å². The fraction of sp³-hybridized carbons (Fsp3) is 0.269. The average molecular weight is 404 g/mol. The van der Waals surface area contributed by atoms with Gasteiger partial charge < -0.3 is 14.8 Å². The molecule has 0 radical (unpaired) electrons. The van der Waals surface area contributed by atoms with Gasteiger partial charge in [0.1, 0.15) is 11.5 Å². The maximum atomic E-state index is 12.8. The molecule has 3 aromatic carbocycles. The first kappa shape index (κ1) is 21.4. The third kappa shape index (κ3) is 6.66. The highest BCUT2D eigenvalue weighted by molar-refractivity contribution is 6.06. The summed E-state index contributed by atoms with van der Waals surface area (Å²) in [6, 6.07) is 25.0. The molecule has 0 heterocycles. The lowest BCUT2D eigenvalue weighted by Gasteiger charge is -2.13. The van der Waals surface area contributed by atoms with Crippen molar-refractivity contribution < 1.29 is 14.3 Å².